The Kier molecular flexibility index (Phi) is 6.76. The second-order valence-electron chi connectivity index (χ2n) is 4.38. The van der Waals surface area contributed by atoms with E-state index in [4.69, 9.17) is 16.7 Å². The molecule has 0 saturated heterocycles. The number of rotatable bonds is 8. The first-order valence-corrected chi connectivity index (χ1v) is 6.72. The number of unbranched alkanes of at least 4 members (excludes halogenated alkanes) is 2. The quantitative estimate of drug-likeness (QED) is 0.713. The predicted octanol–water partition coefficient (Wildman–Crippen LogP) is 3.12. The molecule has 2 N–H and O–H groups in total. The van der Waals surface area contributed by atoms with E-state index in [-0.39, 0.29) is 0 Å². The van der Waals surface area contributed by atoms with Gasteiger partial charge in [0.25, 0.3) is 0 Å². The van der Waals surface area contributed by atoms with E-state index in [9.17, 15) is 4.79 Å². The summed E-state index contributed by atoms with van der Waals surface area (Å²) in [6.45, 7) is 2.88. The Morgan fingerprint density at radius 2 is 2.00 bits per heavy atom. The molecular weight excluding hydrogens is 250 g/mol. The van der Waals surface area contributed by atoms with E-state index in [2.05, 4.69) is 12.2 Å². The van der Waals surface area contributed by atoms with Crippen LogP contribution in [0.5, 0.6) is 0 Å². The minimum atomic E-state index is -0.804. The Labute approximate surface area is 113 Å². The van der Waals surface area contributed by atoms with E-state index < -0.39 is 12.0 Å². The van der Waals surface area contributed by atoms with Crippen molar-refractivity contribution < 1.29 is 9.90 Å². The Hall–Kier alpha value is -1.06. The van der Waals surface area contributed by atoms with Crippen LogP contribution in [0.3, 0.4) is 0 Å². The average Bonchev–Trinajstić information content (AvgIpc) is 2.35. The van der Waals surface area contributed by atoms with Crippen LogP contribution in [-0.4, -0.2) is 23.7 Å². The number of aliphatic carboxylic acids is 1. The standard InChI is InChI=1S/C14H20ClNO2/c1-2-3-4-9-16-13(14(17)18)10-11-5-7-12(15)8-6-11/h5-8,13,16H,2-4,9-10H2,1H3,(H,17,18)/t13-/m0/s1. The molecule has 0 unspecified atom stereocenters. The second-order valence-corrected chi connectivity index (χ2v) is 4.82. The lowest BCUT2D eigenvalue weighted by Gasteiger charge is -2.14. The Balaban J connectivity index is 2.47. The van der Waals surface area contributed by atoms with Gasteiger partial charge in [-0.2, -0.15) is 0 Å². The first-order valence-electron chi connectivity index (χ1n) is 6.34. The summed E-state index contributed by atoms with van der Waals surface area (Å²) in [4.78, 5) is 11.1. The maximum absolute atomic E-state index is 11.1. The van der Waals surface area contributed by atoms with Gasteiger partial charge in [0.05, 0.1) is 0 Å². The van der Waals surface area contributed by atoms with Crippen molar-refractivity contribution in [2.75, 3.05) is 6.54 Å². The highest BCUT2D eigenvalue weighted by molar-refractivity contribution is 6.30. The van der Waals surface area contributed by atoms with Gasteiger partial charge >= 0.3 is 5.97 Å². The van der Waals surface area contributed by atoms with Crippen molar-refractivity contribution in [1.29, 1.82) is 0 Å². The fourth-order valence-corrected chi connectivity index (χ4v) is 1.88. The van der Waals surface area contributed by atoms with Crippen molar-refractivity contribution in [3.63, 3.8) is 0 Å². The molecule has 0 spiro atoms. The Morgan fingerprint density at radius 3 is 2.56 bits per heavy atom. The van der Waals surface area contributed by atoms with Gasteiger partial charge in [-0.25, -0.2) is 0 Å². The van der Waals surface area contributed by atoms with Crippen molar-refractivity contribution in [2.45, 2.75) is 38.6 Å². The van der Waals surface area contributed by atoms with E-state index in [0.29, 0.717) is 11.4 Å². The Morgan fingerprint density at radius 1 is 1.33 bits per heavy atom. The summed E-state index contributed by atoms with van der Waals surface area (Å²) in [5, 5.41) is 12.9. The molecule has 0 aliphatic carbocycles. The number of nitrogens with one attached hydrogen (secondary N) is 1. The molecule has 1 aromatic rings. The summed E-state index contributed by atoms with van der Waals surface area (Å²) in [6, 6.07) is 6.78. The summed E-state index contributed by atoms with van der Waals surface area (Å²) >= 11 is 5.80. The molecule has 0 amide bonds. The number of hydrogen-bond acceptors (Lipinski definition) is 2. The topological polar surface area (TPSA) is 49.3 Å². The zero-order valence-corrected chi connectivity index (χ0v) is 11.4. The maximum atomic E-state index is 11.1. The SMILES string of the molecule is CCCCCN[C@@H](Cc1ccc(Cl)cc1)C(=O)O. The molecule has 3 nitrogen and oxygen atoms in total. The van der Waals surface area contributed by atoms with Gasteiger partial charge in [-0.15, -0.1) is 0 Å². The van der Waals surface area contributed by atoms with Gasteiger partial charge in [0, 0.05) is 5.02 Å². The first kappa shape index (κ1) is 15.0. The summed E-state index contributed by atoms with van der Waals surface area (Å²) in [5.41, 5.74) is 0.981. The van der Waals surface area contributed by atoms with Crippen molar-refractivity contribution in [3.05, 3.63) is 34.9 Å². The molecule has 0 aliphatic rings. The zero-order valence-electron chi connectivity index (χ0n) is 10.7. The van der Waals surface area contributed by atoms with Gasteiger partial charge in [0.15, 0.2) is 0 Å². The van der Waals surface area contributed by atoms with Gasteiger partial charge < -0.3 is 10.4 Å². The molecule has 0 radical (unpaired) electrons. The van der Waals surface area contributed by atoms with Crippen molar-refractivity contribution in [1.82, 2.24) is 5.32 Å². The molecule has 0 saturated carbocycles. The van der Waals surface area contributed by atoms with Gasteiger partial charge in [0.2, 0.25) is 0 Å². The van der Waals surface area contributed by atoms with Gasteiger partial charge in [-0.1, -0.05) is 43.5 Å². The van der Waals surface area contributed by atoms with Crippen LogP contribution in [0.25, 0.3) is 0 Å². The third kappa shape index (κ3) is 5.52. The Bertz CT molecular complexity index is 365. The lowest BCUT2D eigenvalue weighted by Crippen LogP contribution is -2.39. The number of carboxylic acids is 1. The van der Waals surface area contributed by atoms with E-state index in [1.807, 2.05) is 12.1 Å². The van der Waals surface area contributed by atoms with Crippen molar-refractivity contribution in [3.8, 4) is 0 Å². The molecule has 4 heteroatoms. The number of carboxylic acid groups (broad SMARTS) is 1. The van der Waals surface area contributed by atoms with Crippen LogP contribution in [-0.2, 0) is 11.2 Å². The monoisotopic (exact) mass is 269 g/mol. The van der Waals surface area contributed by atoms with Crippen LogP contribution in [0.15, 0.2) is 24.3 Å². The molecule has 18 heavy (non-hydrogen) atoms. The summed E-state index contributed by atoms with van der Waals surface area (Å²) in [5.74, 6) is -0.804. The molecule has 0 aromatic heterocycles. The van der Waals surface area contributed by atoms with Gasteiger partial charge in [-0.05, 0) is 37.1 Å². The normalized spacial score (nSPS) is 12.3. The number of halogens is 1. The largest absolute Gasteiger partial charge is 0.480 e. The second kappa shape index (κ2) is 8.11. The third-order valence-corrected chi connectivity index (χ3v) is 3.07. The van der Waals surface area contributed by atoms with Crippen LogP contribution in [0.4, 0.5) is 0 Å². The van der Waals surface area contributed by atoms with Crippen molar-refractivity contribution >= 4 is 17.6 Å². The maximum Gasteiger partial charge on any atom is 0.321 e. The van der Waals surface area contributed by atoms with Crippen LogP contribution in [0.1, 0.15) is 31.7 Å². The zero-order chi connectivity index (χ0) is 13.4. The first-order chi connectivity index (χ1) is 8.63. The smallest absolute Gasteiger partial charge is 0.321 e. The van der Waals surface area contributed by atoms with Gasteiger partial charge in [0.1, 0.15) is 6.04 Å². The van der Waals surface area contributed by atoms with E-state index in [0.717, 1.165) is 31.4 Å². The third-order valence-electron chi connectivity index (χ3n) is 2.82. The molecule has 100 valence electrons. The van der Waals surface area contributed by atoms with E-state index in [1.165, 1.54) is 0 Å². The highest BCUT2D eigenvalue weighted by atomic mass is 35.5. The summed E-state index contributed by atoms with van der Waals surface area (Å²) in [6.07, 6.45) is 3.76. The van der Waals surface area contributed by atoms with Crippen molar-refractivity contribution in [2.24, 2.45) is 0 Å². The minimum absolute atomic E-state index is 0.485. The number of hydrogen-bond donors (Lipinski definition) is 2. The number of carbonyl (C=O) groups is 1. The molecule has 0 fully saturated rings. The van der Waals surface area contributed by atoms with Crippen LogP contribution < -0.4 is 5.32 Å². The van der Waals surface area contributed by atoms with Crippen LogP contribution in [0.2, 0.25) is 5.02 Å². The lowest BCUT2D eigenvalue weighted by atomic mass is 10.1. The number of benzene rings is 1. The highest BCUT2D eigenvalue weighted by Gasteiger charge is 2.16. The molecule has 1 aromatic carbocycles. The van der Waals surface area contributed by atoms with Crippen LogP contribution >= 0.6 is 11.6 Å². The predicted molar refractivity (Wildman–Crippen MR) is 74.1 cm³/mol. The van der Waals surface area contributed by atoms with Gasteiger partial charge in [-0.3, -0.25) is 4.79 Å². The van der Waals surface area contributed by atoms with E-state index >= 15 is 0 Å². The summed E-state index contributed by atoms with van der Waals surface area (Å²) < 4.78 is 0. The van der Waals surface area contributed by atoms with Crippen LogP contribution in [0, 0.1) is 0 Å². The fourth-order valence-electron chi connectivity index (χ4n) is 1.75. The lowest BCUT2D eigenvalue weighted by molar-refractivity contribution is -0.139. The molecule has 1 rings (SSSR count). The molecule has 0 aliphatic heterocycles. The minimum Gasteiger partial charge on any atom is -0.480 e. The molecule has 0 heterocycles. The van der Waals surface area contributed by atoms with E-state index in [1.54, 1.807) is 12.1 Å². The molecule has 1 atom stereocenters. The fraction of sp³-hybridized carbons (Fsp3) is 0.500. The average molecular weight is 270 g/mol. The molecular formula is C14H20ClNO2. The molecule has 0 bridgehead atoms. The summed E-state index contributed by atoms with van der Waals surface area (Å²) in [7, 11) is 0. The highest BCUT2D eigenvalue weighted by Crippen LogP contribution is 2.11.